The van der Waals surface area contributed by atoms with Crippen LogP contribution in [0.4, 0.5) is 11.4 Å². The summed E-state index contributed by atoms with van der Waals surface area (Å²) in [6.45, 7) is 7.15. The maximum Gasteiger partial charge on any atom is 0.279 e. The van der Waals surface area contributed by atoms with Gasteiger partial charge in [0.1, 0.15) is 6.54 Å². The number of non-ortho nitro benzene ring substituents is 1. The maximum absolute atomic E-state index is 12.3. The molecule has 0 bridgehead atoms. The Morgan fingerprint density at radius 2 is 1.85 bits per heavy atom. The third-order valence-electron chi connectivity index (χ3n) is 4.31. The molecular formula is C20H26N3O3+. The molecular weight excluding hydrogens is 330 g/mol. The molecule has 0 saturated heterocycles. The zero-order valence-corrected chi connectivity index (χ0v) is 15.7. The summed E-state index contributed by atoms with van der Waals surface area (Å²) < 4.78 is 0. The van der Waals surface area contributed by atoms with Crippen molar-refractivity contribution in [1.82, 2.24) is 0 Å². The number of amides is 1. The molecule has 0 aromatic heterocycles. The predicted octanol–water partition coefficient (Wildman–Crippen LogP) is 2.68. The van der Waals surface area contributed by atoms with Gasteiger partial charge in [-0.1, -0.05) is 38.1 Å². The third kappa shape index (κ3) is 5.39. The lowest BCUT2D eigenvalue weighted by Crippen LogP contribution is -3.08. The molecule has 0 saturated carbocycles. The summed E-state index contributed by atoms with van der Waals surface area (Å²) in [5, 5.41) is 13.6. The highest BCUT2D eigenvalue weighted by Gasteiger charge is 2.14. The van der Waals surface area contributed by atoms with E-state index in [2.05, 4.69) is 43.4 Å². The summed E-state index contributed by atoms with van der Waals surface area (Å²) in [7, 11) is 1.97. The lowest BCUT2D eigenvalue weighted by Gasteiger charge is -2.15. The van der Waals surface area contributed by atoms with Crippen LogP contribution in [-0.2, 0) is 11.3 Å². The van der Waals surface area contributed by atoms with Crippen LogP contribution in [0.2, 0.25) is 0 Å². The summed E-state index contributed by atoms with van der Waals surface area (Å²) in [5.74, 6) is 0.392. The standard InChI is InChI=1S/C20H25N3O3/c1-14(2)17-7-5-16(6-8-17)12-22(4)13-20(24)21-19-10-9-18(23(25)26)11-15(19)3/h5-11,14H,12-13H2,1-4H3,(H,21,24)/p+1. The second kappa shape index (κ2) is 8.58. The molecule has 0 radical (unpaired) electrons. The average Bonchev–Trinajstić information content (AvgIpc) is 2.56. The van der Waals surface area contributed by atoms with E-state index in [1.54, 1.807) is 13.0 Å². The van der Waals surface area contributed by atoms with Crippen molar-refractivity contribution in [1.29, 1.82) is 0 Å². The number of nitro groups is 1. The number of likely N-dealkylation sites (N-methyl/N-ethyl adjacent to an activating group) is 1. The van der Waals surface area contributed by atoms with Crippen LogP contribution in [0.5, 0.6) is 0 Å². The van der Waals surface area contributed by atoms with Crippen LogP contribution in [-0.4, -0.2) is 24.4 Å². The number of aryl methyl sites for hydroxylation is 1. The molecule has 1 unspecified atom stereocenters. The van der Waals surface area contributed by atoms with Gasteiger partial charge >= 0.3 is 0 Å². The first kappa shape index (κ1) is 19.6. The largest absolute Gasteiger partial charge is 0.326 e. The monoisotopic (exact) mass is 356 g/mol. The SMILES string of the molecule is Cc1cc([N+](=O)[O-])ccc1NC(=O)C[NH+](C)Cc1ccc(C(C)C)cc1. The minimum atomic E-state index is -0.443. The van der Waals surface area contributed by atoms with Gasteiger partial charge < -0.3 is 10.2 Å². The molecule has 1 atom stereocenters. The van der Waals surface area contributed by atoms with E-state index in [-0.39, 0.29) is 11.6 Å². The number of anilines is 1. The molecule has 0 fully saturated rings. The number of quaternary nitrogens is 1. The Kier molecular flexibility index (Phi) is 6.46. The second-order valence-corrected chi connectivity index (χ2v) is 7.01. The smallest absolute Gasteiger partial charge is 0.279 e. The molecule has 26 heavy (non-hydrogen) atoms. The Bertz CT molecular complexity index is 785. The molecule has 0 spiro atoms. The lowest BCUT2D eigenvalue weighted by molar-refractivity contribution is -0.885. The van der Waals surface area contributed by atoms with Gasteiger partial charge in [-0.25, -0.2) is 0 Å². The molecule has 2 N–H and O–H groups in total. The Morgan fingerprint density at radius 1 is 1.19 bits per heavy atom. The van der Waals surface area contributed by atoms with Gasteiger partial charge in [0, 0.05) is 23.4 Å². The number of rotatable bonds is 7. The van der Waals surface area contributed by atoms with E-state index in [1.807, 2.05) is 7.05 Å². The molecule has 0 aliphatic carbocycles. The summed E-state index contributed by atoms with van der Waals surface area (Å²) in [4.78, 5) is 23.7. The number of benzene rings is 2. The van der Waals surface area contributed by atoms with Crippen LogP contribution in [0.15, 0.2) is 42.5 Å². The molecule has 2 rings (SSSR count). The van der Waals surface area contributed by atoms with Crippen molar-refractivity contribution in [2.75, 3.05) is 18.9 Å². The van der Waals surface area contributed by atoms with Gasteiger partial charge in [0.15, 0.2) is 6.54 Å². The Morgan fingerprint density at radius 3 is 2.38 bits per heavy atom. The fraction of sp³-hybridized carbons (Fsp3) is 0.350. The second-order valence-electron chi connectivity index (χ2n) is 7.01. The molecule has 138 valence electrons. The number of carbonyl (C=O) groups excluding carboxylic acids is 1. The molecule has 6 nitrogen and oxygen atoms in total. The topological polar surface area (TPSA) is 76.7 Å². The van der Waals surface area contributed by atoms with Gasteiger partial charge in [-0.05, 0) is 30.0 Å². The van der Waals surface area contributed by atoms with Crippen molar-refractivity contribution < 1.29 is 14.6 Å². The first-order valence-corrected chi connectivity index (χ1v) is 8.71. The minimum absolute atomic E-state index is 0.0214. The quantitative estimate of drug-likeness (QED) is 0.591. The van der Waals surface area contributed by atoms with Crippen molar-refractivity contribution >= 4 is 17.3 Å². The van der Waals surface area contributed by atoms with E-state index in [0.29, 0.717) is 23.7 Å². The molecule has 2 aromatic rings. The highest BCUT2D eigenvalue weighted by atomic mass is 16.6. The van der Waals surface area contributed by atoms with Gasteiger partial charge in [-0.15, -0.1) is 0 Å². The van der Waals surface area contributed by atoms with E-state index in [4.69, 9.17) is 0 Å². The highest BCUT2D eigenvalue weighted by molar-refractivity contribution is 5.92. The fourth-order valence-electron chi connectivity index (χ4n) is 2.80. The number of nitrogens with one attached hydrogen (secondary N) is 2. The van der Waals surface area contributed by atoms with Crippen molar-refractivity contribution in [3.05, 3.63) is 69.3 Å². The van der Waals surface area contributed by atoms with E-state index in [0.717, 1.165) is 11.4 Å². The van der Waals surface area contributed by atoms with Gasteiger partial charge in [0.05, 0.1) is 12.0 Å². The van der Waals surface area contributed by atoms with Gasteiger partial charge in [-0.2, -0.15) is 0 Å². The fourth-order valence-corrected chi connectivity index (χ4v) is 2.80. The Hall–Kier alpha value is -2.73. The Labute approximate surface area is 154 Å². The highest BCUT2D eigenvalue weighted by Crippen LogP contribution is 2.21. The zero-order valence-electron chi connectivity index (χ0n) is 15.7. The molecule has 1 amide bonds. The number of hydrogen-bond donors (Lipinski definition) is 2. The van der Waals surface area contributed by atoms with E-state index < -0.39 is 4.92 Å². The van der Waals surface area contributed by atoms with Crippen LogP contribution in [0, 0.1) is 17.0 Å². The summed E-state index contributed by atoms with van der Waals surface area (Å²) in [6.07, 6.45) is 0. The van der Waals surface area contributed by atoms with Crippen molar-refractivity contribution in [3.63, 3.8) is 0 Å². The minimum Gasteiger partial charge on any atom is -0.326 e. The van der Waals surface area contributed by atoms with Gasteiger partial charge in [0.2, 0.25) is 0 Å². The first-order valence-electron chi connectivity index (χ1n) is 8.71. The molecule has 0 aliphatic rings. The Balaban J connectivity index is 1.91. The van der Waals surface area contributed by atoms with Crippen LogP contribution in [0.3, 0.4) is 0 Å². The van der Waals surface area contributed by atoms with Crippen LogP contribution < -0.4 is 10.2 Å². The number of carbonyl (C=O) groups is 1. The summed E-state index contributed by atoms with van der Waals surface area (Å²) in [5.41, 5.74) is 3.79. The van der Waals surface area contributed by atoms with Crippen LogP contribution in [0.25, 0.3) is 0 Å². The summed E-state index contributed by atoms with van der Waals surface area (Å²) in [6, 6.07) is 12.9. The third-order valence-corrected chi connectivity index (χ3v) is 4.31. The molecule has 6 heteroatoms. The maximum atomic E-state index is 12.3. The zero-order chi connectivity index (χ0) is 19.3. The first-order chi connectivity index (χ1) is 12.3. The van der Waals surface area contributed by atoms with Crippen molar-refractivity contribution in [3.8, 4) is 0 Å². The van der Waals surface area contributed by atoms with E-state index in [1.165, 1.54) is 23.3 Å². The summed E-state index contributed by atoms with van der Waals surface area (Å²) >= 11 is 0. The molecule has 0 aliphatic heterocycles. The normalized spacial score (nSPS) is 12.0. The molecule has 0 heterocycles. The predicted molar refractivity (Wildman–Crippen MR) is 102 cm³/mol. The van der Waals surface area contributed by atoms with Crippen LogP contribution in [0.1, 0.15) is 36.5 Å². The van der Waals surface area contributed by atoms with Crippen molar-refractivity contribution in [2.45, 2.75) is 33.2 Å². The van der Waals surface area contributed by atoms with Gasteiger partial charge in [-0.3, -0.25) is 14.9 Å². The number of nitro benzene ring substituents is 1. The van der Waals surface area contributed by atoms with Crippen LogP contribution >= 0.6 is 0 Å². The number of nitrogens with zero attached hydrogens (tertiary/aromatic N) is 1. The van der Waals surface area contributed by atoms with E-state index in [9.17, 15) is 14.9 Å². The molecule has 2 aromatic carbocycles. The average molecular weight is 356 g/mol. The van der Waals surface area contributed by atoms with E-state index >= 15 is 0 Å². The lowest BCUT2D eigenvalue weighted by atomic mass is 10.0. The van der Waals surface area contributed by atoms with Gasteiger partial charge in [0.25, 0.3) is 11.6 Å². The van der Waals surface area contributed by atoms with Crippen molar-refractivity contribution in [2.24, 2.45) is 0 Å². The number of hydrogen-bond acceptors (Lipinski definition) is 3.